The summed E-state index contributed by atoms with van der Waals surface area (Å²) in [5.74, 6) is -2.32. The lowest BCUT2D eigenvalue weighted by Gasteiger charge is -2.28. The molecule has 1 aromatic heterocycles. The summed E-state index contributed by atoms with van der Waals surface area (Å²) in [4.78, 5) is 69.8. The number of amides is 5. The summed E-state index contributed by atoms with van der Waals surface area (Å²) in [6.45, 7) is 1.99. The lowest BCUT2D eigenvalue weighted by molar-refractivity contribution is -0.136. The van der Waals surface area contributed by atoms with E-state index in [1.807, 2.05) is 25.1 Å². The molecule has 6 rings (SSSR count). The Morgan fingerprint density at radius 1 is 1.00 bits per heavy atom. The van der Waals surface area contributed by atoms with Crippen LogP contribution in [0.25, 0.3) is 11.1 Å². The normalized spacial score (nSPS) is 18.5. The summed E-state index contributed by atoms with van der Waals surface area (Å²) in [5, 5.41) is 5.52. The largest absolute Gasteiger partial charge is 0.444 e. The van der Waals surface area contributed by atoms with Crippen LogP contribution in [0, 0.1) is 6.92 Å². The van der Waals surface area contributed by atoms with E-state index in [2.05, 4.69) is 15.6 Å². The summed E-state index contributed by atoms with van der Waals surface area (Å²) < 4.78 is 5.27. The fourth-order valence-corrected chi connectivity index (χ4v) is 5.22. The number of rotatable bonds is 4. The fourth-order valence-electron chi connectivity index (χ4n) is 5.22. The number of pyridine rings is 1. The van der Waals surface area contributed by atoms with Crippen LogP contribution in [0.3, 0.4) is 0 Å². The number of carbonyl (C=O) groups excluding carboxylic acids is 5. The average molecular weight is 526 g/mol. The Kier molecular flexibility index (Phi) is 5.63. The topological polar surface area (TPSA) is 138 Å². The SMILES string of the molecule is Cc1cc(-c2cc3c(cc2Nc2cccc4c2C(=O)N([C@H]2CCC(=O)NC2=O)C4=O)N(C)C(=O)OC3)ccn1. The molecule has 0 saturated carbocycles. The highest BCUT2D eigenvalue weighted by Crippen LogP contribution is 2.40. The second-order valence-electron chi connectivity index (χ2n) is 9.63. The minimum Gasteiger partial charge on any atom is -0.444 e. The Bertz CT molecular complexity index is 1620. The van der Waals surface area contributed by atoms with Crippen molar-refractivity contribution in [2.75, 3.05) is 17.3 Å². The van der Waals surface area contributed by atoms with Gasteiger partial charge in [-0.1, -0.05) is 6.07 Å². The lowest BCUT2D eigenvalue weighted by Crippen LogP contribution is -2.54. The van der Waals surface area contributed by atoms with Crippen molar-refractivity contribution in [2.24, 2.45) is 0 Å². The summed E-state index contributed by atoms with van der Waals surface area (Å²) in [5.41, 5.74) is 5.14. The van der Waals surface area contributed by atoms with Gasteiger partial charge in [-0.15, -0.1) is 0 Å². The van der Waals surface area contributed by atoms with E-state index < -0.39 is 35.8 Å². The van der Waals surface area contributed by atoms with Crippen molar-refractivity contribution in [3.63, 3.8) is 0 Å². The number of hydrogen-bond acceptors (Lipinski definition) is 8. The van der Waals surface area contributed by atoms with Crippen LogP contribution in [-0.2, 0) is 20.9 Å². The predicted octanol–water partition coefficient (Wildman–Crippen LogP) is 3.29. The van der Waals surface area contributed by atoms with Gasteiger partial charge in [0.2, 0.25) is 11.8 Å². The van der Waals surface area contributed by atoms with Gasteiger partial charge in [-0.2, -0.15) is 0 Å². The molecule has 3 aliphatic rings. The highest BCUT2D eigenvalue weighted by Gasteiger charge is 2.45. The van der Waals surface area contributed by atoms with Gasteiger partial charge < -0.3 is 10.1 Å². The highest BCUT2D eigenvalue weighted by molar-refractivity contribution is 6.25. The van der Waals surface area contributed by atoms with E-state index in [9.17, 15) is 24.0 Å². The number of piperidine rings is 1. The molecular weight excluding hydrogens is 502 g/mol. The number of ether oxygens (including phenoxy) is 1. The molecule has 0 radical (unpaired) electrons. The molecule has 1 saturated heterocycles. The molecule has 11 heteroatoms. The maximum atomic E-state index is 13.6. The number of hydrogen-bond donors (Lipinski definition) is 2. The van der Waals surface area contributed by atoms with Crippen LogP contribution in [0.2, 0.25) is 0 Å². The number of fused-ring (bicyclic) bond motifs is 2. The molecule has 11 nitrogen and oxygen atoms in total. The standard InChI is InChI=1S/C28H23N5O6/c1-14-10-15(8-9-29-14)18-11-16-13-39-28(38)32(2)22(16)12-20(18)30-19-5-3-4-17-24(19)27(37)33(26(17)36)21-6-7-23(34)31-25(21)35/h3-5,8-12,21,30H,6-7,13H2,1-2H3,(H,31,34,35)/t21-/m0/s1. The smallest absolute Gasteiger partial charge is 0.414 e. The third-order valence-corrected chi connectivity index (χ3v) is 7.15. The molecule has 0 spiro atoms. The van der Waals surface area contributed by atoms with Crippen LogP contribution in [0.4, 0.5) is 21.9 Å². The molecule has 0 aliphatic carbocycles. The molecule has 1 atom stereocenters. The summed E-state index contributed by atoms with van der Waals surface area (Å²) in [6.07, 6.45) is 1.31. The third-order valence-electron chi connectivity index (χ3n) is 7.15. The van der Waals surface area contributed by atoms with Crippen molar-refractivity contribution in [2.45, 2.75) is 32.4 Å². The van der Waals surface area contributed by atoms with Gasteiger partial charge in [0.1, 0.15) is 12.6 Å². The van der Waals surface area contributed by atoms with Crippen LogP contribution in [0.1, 0.15) is 44.8 Å². The molecule has 3 aromatic rings. The molecule has 0 unspecified atom stereocenters. The molecule has 5 amide bonds. The Morgan fingerprint density at radius 2 is 1.82 bits per heavy atom. The van der Waals surface area contributed by atoms with E-state index in [-0.39, 0.29) is 30.6 Å². The van der Waals surface area contributed by atoms with Gasteiger partial charge in [0, 0.05) is 42.2 Å². The molecule has 196 valence electrons. The van der Waals surface area contributed by atoms with Crippen LogP contribution in [0.5, 0.6) is 0 Å². The van der Waals surface area contributed by atoms with E-state index in [4.69, 9.17) is 4.74 Å². The van der Waals surface area contributed by atoms with E-state index in [0.29, 0.717) is 17.1 Å². The quantitative estimate of drug-likeness (QED) is 0.495. The van der Waals surface area contributed by atoms with Crippen LogP contribution in [0.15, 0.2) is 48.7 Å². The van der Waals surface area contributed by atoms with Gasteiger partial charge >= 0.3 is 6.09 Å². The zero-order chi connectivity index (χ0) is 27.4. The van der Waals surface area contributed by atoms with Crippen molar-refractivity contribution in [3.05, 3.63) is 71.0 Å². The van der Waals surface area contributed by atoms with Crippen LogP contribution in [-0.4, -0.2) is 52.7 Å². The minimum absolute atomic E-state index is 0.0364. The lowest BCUT2D eigenvalue weighted by atomic mass is 9.98. The first-order valence-corrected chi connectivity index (χ1v) is 12.3. The van der Waals surface area contributed by atoms with Crippen molar-refractivity contribution < 1.29 is 28.7 Å². The summed E-state index contributed by atoms with van der Waals surface area (Å²) in [6, 6.07) is 11.3. The van der Waals surface area contributed by atoms with Gasteiger partial charge in [0.05, 0.1) is 22.5 Å². The van der Waals surface area contributed by atoms with Gasteiger partial charge in [-0.05, 0) is 55.3 Å². The van der Waals surface area contributed by atoms with E-state index in [1.165, 1.54) is 11.0 Å². The number of anilines is 3. The number of aryl methyl sites for hydroxylation is 1. The first-order chi connectivity index (χ1) is 18.7. The van der Waals surface area contributed by atoms with Gasteiger partial charge in [-0.3, -0.25) is 39.3 Å². The minimum atomic E-state index is -1.07. The highest BCUT2D eigenvalue weighted by atomic mass is 16.6. The number of aromatic nitrogens is 1. The summed E-state index contributed by atoms with van der Waals surface area (Å²) >= 11 is 0. The number of imide groups is 2. The number of nitrogens with zero attached hydrogens (tertiary/aromatic N) is 3. The zero-order valence-corrected chi connectivity index (χ0v) is 21.1. The van der Waals surface area contributed by atoms with Crippen LogP contribution < -0.4 is 15.5 Å². The fraction of sp³-hybridized carbons (Fsp3) is 0.214. The van der Waals surface area contributed by atoms with E-state index >= 15 is 0 Å². The molecule has 39 heavy (non-hydrogen) atoms. The maximum Gasteiger partial charge on any atom is 0.414 e. The van der Waals surface area contributed by atoms with Crippen molar-refractivity contribution in [3.8, 4) is 11.1 Å². The second-order valence-corrected chi connectivity index (χ2v) is 9.63. The predicted molar refractivity (Wildman–Crippen MR) is 139 cm³/mol. The van der Waals surface area contributed by atoms with E-state index in [1.54, 1.807) is 31.4 Å². The molecule has 0 bridgehead atoms. The molecule has 2 aromatic carbocycles. The Morgan fingerprint density at radius 3 is 2.59 bits per heavy atom. The maximum absolute atomic E-state index is 13.6. The Hall–Kier alpha value is -5.06. The van der Waals surface area contributed by atoms with Crippen molar-refractivity contribution in [1.82, 2.24) is 15.2 Å². The Balaban J connectivity index is 1.44. The monoisotopic (exact) mass is 525 g/mol. The summed E-state index contributed by atoms with van der Waals surface area (Å²) in [7, 11) is 1.61. The average Bonchev–Trinajstić information content (AvgIpc) is 3.17. The molecular formula is C28H23N5O6. The van der Waals surface area contributed by atoms with Crippen LogP contribution >= 0.6 is 0 Å². The Labute approximate surface area is 222 Å². The molecule has 1 fully saturated rings. The number of cyclic esters (lactones) is 1. The first-order valence-electron chi connectivity index (χ1n) is 12.3. The molecule has 3 aliphatic heterocycles. The first kappa shape index (κ1) is 24.3. The van der Waals surface area contributed by atoms with Gasteiger partial charge in [-0.25, -0.2) is 4.79 Å². The number of nitrogens with one attached hydrogen (secondary N) is 2. The van der Waals surface area contributed by atoms with E-state index in [0.717, 1.165) is 27.3 Å². The number of carbonyl (C=O) groups is 5. The van der Waals surface area contributed by atoms with Crippen molar-refractivity contribution >= 4 is 46.8 Å². The zero-order valence-electron chi connectivity index (χ0n) is 21.1. The second kappa shape index (κ2) is 9.05. The van der Waals surface area contributed by atoms with Gasteiger partial charge in [0.25, 0.3) is 11.8 Å². The molecule has 4 heterocycles. The number of benzene rings is 2. The third kappa shape index (κ3) is 3.99. The molecule has 2 N–H and O–H groups in total. The van der Waals surface area contributed by atoms with Crippen molar-refractivity contribution in [1.29, 1.82) is 0 Å². The van der Waals surface area contributed by atoms with Gasteiger partial charge in [0.15, 0.2) is 0 Å².